The quantitative estimate of drug-likeness (QED) is 0.675. The van der Waals surface area contributed by atoms with Crippen molar-refractivity contribution in [2.75, 3.05) is 13.1 Å². The van der Waals surface area contributed by atoms with E-state index >= 15 is 0 Å². The zero-order valence-electron chi connectivity index (χ0n) is 17.4. The van der Waals surface area contributed by atoms with Gasteiger partial charge in [-0.1, -0.05) is 60.7 Å². The van der Waals surface area contributed by atoms with Crippen LogP contribution in [0, 0.1) is 12.8 Å². The summed E-state index contributed by atoms with van der Waals surface area (Å²) in [6.07, 6.45) is 3.90. The van der Waals surface area contributed by atoms with Crippen LogP contribution >= 0.6 is 0 Å². The van der Waals surface area contributed by atoms with Gasteiger partial charge in [-0.05, 0) is 42.7 Å². The molecule has 0 spiro atoms. The highest BCUT2D eigenvalue weighted by Gasteiger charge is 2.44. The molecule has 1 N–H and O–H groups in total. The molecule has 0 radical (unpaired) electrons. The lowest BCUT2D eigenvalue weighted by Crippen LogP contribution is -2.56. The molecule has 2 aromatic carbocycles. The summed E-state index contributed by atoms with van der Waals surface area (Å²) >= 11 is 0. The zero-order chi connectivity index (χ0) is 20.6. The van der Waals surface area contributed by atoms with Gasteiger partial charge in [0.2, 0.25) is 11.8 Å². The van der Waals surface area contributed by atoms with E-state index in [9.17, 15) is 5.11 Å². The van der Waals surface area contributed by atoms with E-state index in [1.54, 1.807) is 0 Å². The van der Waals surface area contributed by atoms with E-state index in [2.05, 4.69) is 63.6 Å². The molecule has 156 valence electrons. The third-order valence-electron chi connectivity index (χ3n) is 7.05. The van der Waals surface area contributed by atoms with Gasteiger partial charge >= 0.3 is 0 Å². The minimum Gasteiger partial charge on any atom is -0.424 e. The van der Waals surface area contributed by atoms with Crippen molar-refractivity contribution in [3.8, 4) is 0 Å². The van der Waals surface area contributed by atoms with Crippen LogP contribution in [0.4, 0.5) is 0 Å². The molecule has 6 rings (SSSR count). The first kappa shape index (κ1) is 19.5. The number of aliphatic hydroxyl groups excluding tert-OH is 1. The normalized spacial score (nSPS) is 24.3. The van der Waals surface area contributed by atoms with E-state index in [0.717, 1.165) is 43.5 Å². The fourth-order valence-electron chi connectivity index (χ4n) is 5.57. The van der Waals surface area contributed by atoms with Crippen LogP contribution in [0.2, 0.25) is 0 Å². The lowest BCUT2D eigenvalue weighted by molar-refractivity contribution is -0.0558. The first-order valence-corrected chi connectivity index (χ1v) is 11.0. The summed E-state index contributed by atoms with van der Waals surface area (Å²) in [5.41, 5.74) is 1.79. The Labute approximate surface area is 177 Å². The Kier molecular flexibility index (Phi) is 5.17. The molecule has 2 saturated heterocycles. The van der Waals surface area contributed by atoms with Crippen molar-refractivity contribution in [3.63, 3.8) is 0 Å². The van der Waals surface area contributed by atoms with Gasteiger partial charge in [0, 0.05) is 26.1 Å². The second-order valence-corrected chi connectivity index (χ2v) is 8.82. The maximum absolute atomic E-state index is 10.6. The average molecular weight is 404 g/mol. The number of piperidine rings is 2. The molecule has 3 heterocycles. The molecule has 3 atom stereocenters. The molecule has 1 saturated carbocycles. The minimum atomic E-state index is -0.522. The molecule has 2 aliphatic heterocycles. The number of nitrogens with zero attached hydrogens (tertiary/aromatic N) is 3. The Morgan fingerprint density at radius 3 is 2.20 bits per heavy atom. The molecule has 2 bridgehead atoms. The molecule has 0 amide bonds. The molecular weight excluding hydrogens is 374 g/mol. The number of rotatable bonds is 6. The van der Waals surface area contributed by atoms with Gasteiger partial charge in [-0.15, -0.1) is 10.2 Å². The highest BCUT2D eigenvalue weighted by atomic mass is 16.4. The van der Waals surface area contributed by atoms with E-state index in [-0.39, 0.29) is 12.1 Å². The number of aromatic nitrogens is 2. The SMILES string of the molecule is Cc1nnc(C(CCN2CC3CCC2C(O)C3)(c2ccccc2)c2ccccc2)o1. The van der Waals surface area contributed by atoms with Crippen molar-refractivity contribution in [1.82, 2.24) is 15.1 Å². The van der Waals surface area contributed by atoms with Gasteiger partial charge in [-0.2, -0.15) is 0 Å². The van der Waals surface area contributed by atoms with Gasteiger partial charge in [-0.3, -0.25) is 4.90 Å². The highest BCUT2D eigenvalue weighted by molar-refractivity contribution is 5.45. The van der Waals surface area contributed by atoms with Crippen LogP contribution in [0.25, 0.3) is 0 Å². The molecule has 3 aliphatic rings. The van der Waals surface area contributed by atoms with Crippen LogP contribution in [0.15, 0.2) is 65.1 Å². The van der Waals surface area contributed by atoms with Crippen LogP contribution in [-0.4, -0.2) is 45.4 Å². The van der Waals surface area contributed by atoms with Crippen molar-refractivity contribution < 1.29 is 9.52 Å². The average Bonchev–Trinajstić information content (AvgIpc) is 3.22. The number of benzene rings is 2. The number of aryl methyl sites for hydroxylation is 1. The van der Waals surface area contributed by atoms with E-state index in [4.69, 9.17) is 4.42 Å². The van der Waals surface area contributed by atoms with Crippen LogP contribution < -0.4 is 0 Å². The van der Waals surface area contributed by atoms with Crippen molar-refractivity contribution in [2.45, 2.75) is 50.2 Å². The summed E-state index contributed by atoms with van der Waals surface area (Å²) in [4.78, 5) is 2.49. The Hall–Kier alpha value is -2.50. The fraction of sp³-hybridized carbons (Fsp3) is 0.440. The Balaban J connectivity index is 1.57. The molecule has 5 nitrogen and oxygen atoms in total. The largest absolute Gasteiger partial charge is 0.424 e. The van der Waals surface area contributed by atoms with Crippen molar-refractivity contribution >= 4 is 0 Å². The summed E-state index contributed by atoms with van der Waals surface area (Å²) in [7, 11) is 0. The van der Waals surface area contributed by atoms with Gasteiger partial charge in [0.15, 0.2) is 0 Å². The second-order valence-electron chi connectivity index (χ2n) is 8.82. The first-order valence-electron chi connectivity index (χ1n) is 11.0. The molecule has 30 heavy (non-hydrogen) atoms. The molecule has 1 aromatic heterocycles. The lowest BCUT2D eigenvalue weighted by atomic mass is 9.71. The molecule has 3 aromatic rings. The smallest absolute Gasteiger partial charge is 0.231 e. The standard InChI is InChI=1S/C25H29N3O2/c1-18-26-27-24(30-18)25(20-8-4-2-5-9-20,21-10-6-3-7-11-21)14-15-28-17-19-12-13-22(28)23(29)16-19/h2-11,19,22-23,29H,12-17H2,1H3. The number of fused-ring (bicyclic) bond motifs is 3. The molecule has 3 fully saturated rings. The van der Waals surface area contributed by atoms with Crippen molar-refractivity contribution in [3.05, 3.63) is 83.6 Å². The molecule has 5 heteroatoms. The van der Waals surface area contributed by atoms with Crippen LogP contribution in [-0.2, 0) is 5.41 Å². The molecule has 3 unspecified atom stereocenters. The Morgan fingerprint density at radius 2 is 1.67 bits per heavy atom. The van der Waals surface area contributed by atoms with Gasteiger partial charge in [0.05, 0.1) is 11.5 Å². The number of aliphatic hydroxyl groups is 1. The predicted octanol–water partition coefficient (Wildman–Crippen LogP) is 3.95. The summed E-state index contributed by atoms with van der Waals surface area (Å²) in [6.45, 7) is 3.80. The summed E-state index contributed by atoms with van der Waals surface area (Å²) in [5, 5.41) is 19.3. The zero-order valence-corrected chi connectivity index (χ0v) is 17.4. The van der Waals surface area contributed by atoms with Gasteiger partial charge in [-0.25, -0.2) is 0 Å². The van der Waals surface area contributed by atoms with Crippen molar-refractivity contribution in [1.29, 1.82) is 0 Å². The van der Waals surface area contributed by atoms with Gasteiger partial charge in [0.1, 0.15) is 0 Å². The summed E-state index contributed by atoms with van der Waals surface area (Å²) in [6, 6.07) is 21.3. The topological polar surface area (TPSA) is 62.4 Å². The Morgan fingerprint density at radius 1 is 1.00 bits per heavy atom. The lowest BCUT2D eigenvalue weighted by Gasteiger charge is -2.49. The second kappa shape index (κ2) is 7.97. The van der Waals surface area contributed by atoms with E-state index in [0.29, 0.717) is 17.7 Å². The first-order chi connectivity index (χ1) is 14.7. The summed E-state index contributed by atoms with van der Waals surface area (Å²) < 4.78 is 6.09. The molecular formula is C25H29N3O2. The Bertz CT molecular complexity index is 933. The van der Waals surface area contributed by atoms with Crippen LogP contribution in [0.1, 0.15) is 48.6 Å². The predicted molar refractivity (Wildman–Crippen MR) is 115 cm³/mol. The summed E-state index contributed by atoms with van der Waals surface area (Å²) in [5.74, 6) is 1.83. The van der Waals surface area contributed by atoms with E-state index in [1.165, 1.54) is 6.42 Å². The highest BCUT2D eigenvalue weighted by Crippen LogP contribution is 2.43. The number of hydrogen-bond acceptors (Lipinski definition) is 5. The minimum absolute atomic E-state index is 0.203. The monoisotopic (exact) mass is 403 g/mol. The van der Waals surface area contributed by atoms with E-state index < -0.39 is 5.41 Å². The van der Waals surface area contributed by atoms with Crippen molar-refractivity contribution in [2.24, 2.45) is 5.92 Å². The van der Waals surface area contributed by atoms with Gasteiger partial charge < -0.3 is 9.52 Å². The maximum atomic E-state index is 10.6. The third kappa shape index (κ3) is 3.36. The number of hydrogen-bond donors (Lipinski definition) is 1. The fourth-order valence-corrected chi connectivity index (χ4v) is 5.57. The molecule has 1 aliphatic carbocycles. The van der Waals surface area contributed by atoms with Crippen LogP contribution in [0.5, 0.6) is 0 Å². The van der Waals surface area contributed by atoms with Crippen LogP contribution in [0.3, 0.4) is 0 Å². The third-order valence-corrected chi connectivity index (χ3v) is 7.05. The maximum Gasteiger partial charge on any atom is 0.231 e. The van der Waals surface area contributed by atoms with Gasteiger partial charge in [0.25, 0.3) is 0 Å². The van der Waals surface area contributed by atoms with E-state index in [1.807, 2.05) is 19.1 Å².